The number of aliphatic hydroxyl groups excluding tert-OH is 1. The standard InChI is InChI=1S/C21H37N3O3/c1-17(2)7-8-22-14-18-5-6-20(26-4)13-21(18)27-16-19(25)15-24-11-9-23(3)10-12-24/h5-6,13,17,19,22,25H,7-12,14-16H2,1-4H3. The van der Waals surface area contributed by atoms with E-state index in [0.29, 0.717) is 19.1 Å². The van der Waals surface area contributed by atoms with Gasteiger partial charge in [-0.2, -0.15) is 0 Å². The van der Waals surface area contributed by atoms with Crippen molar-refractivity contribution in [1.29, 1.82) is 0 Å². The molecule has 0 bridgehead atoms. The fourth-order valence-corrected chi connectivity index (χ4v) is 3.12. The summed E-state index contributed by atoms with van der Waals surface area (Å²) in [6, 6.07) is 5.89. The molecule has 154 valence electrons. The van der Waals surface area contributed by atoms with Crippen LogP contribution in [0.5, 0.6) is 11.5 Å². The first-order valence-electron chi connectivity index (χ1n) is 10.1. The van der Waals surface area contributed by atoms with E-state index in [1.807, 2.05) is 18.2 Å². The summed E-state index contributed by atoms with van der Waals surface area (Å²) in [5, 5.41) is 13.9. The second kappa shape index (κ2) is 11.5. The third-order valence-electron chi connectivity index (χ3n) is 4.98. The van der Waals surface area contributed by atoms with E-state index in [4.69, 9.17) is 9.47 Å². The number of hydrogen-bond acceptors (Lipinski definition) is 6. The second-order valence-corrected chi connectivity index (χ2v) is 7.90. The summed E-state index contributed by atoms with van der Waals surface area (Å²) in [5.74, 6) is 2.24. The Hall–Kier alpha value is -1.34. The summed E-state index contributed by atoms with van der Waals surface area (Å²) in [7, 11) is 3.79. The van der Waals surface area contributed by atoms with Crippen molar-refractivity contribution in [2.75, 3.05) is 60.0 Å². The number of rotatable bonds is 11. The van der Waals surface area contributed by atoms with Crippen molar-refractivity contribution < 1.29 is 14.6 Å². The van der Waals surface area contributed by atoms with Crippen LogP contribution in [-0.4, -0.2) is 81.0 Å². The molecule has 0 amide bonds. The van der Waals surface area contributed by atoms with E-state index in [0.717, 1.165) is 62.8 Å². The molecule has 2 rings (SSSR count). The van der Waals surface area contributed by atoms with Crippen molar-refractivity contribution in [1.82, 2.24) is 15.1 Å². The van der Waals surface area contributed by atoms with Gasteiger partial charge < -0.3 is 24.8 Å². The SMILES string of the molecule is COc1ccc(CNCCC(C)C)c(OCC(O)CN2CCN(C)CC2)c1. The quantitative estimate of drug-likeness (QED) is 0.572. The predicted molar refractivity (Wildman–Crippen MR) is 110 cm³/mol. The number of aliphatic hydroxyl groups is 1. The molecular formula is C21H37N3O3. The average molecular weight is 380 g/mol. The first kappa shape index (κ1) is 22.0. The third-order valence-corrected chi connectivity index (χ3v) is 4.98. The molecule has 0 radical (unpaired) electrons. The Balaban J connectivity index is 1.85. The van der Waals surface area contributed by atoms with Crippen molar-refractivity contribution in [2.24, 2.45) is 5.92 Å². The minimum atomic E-state index is -0.499. The molecule has 1 aromatic rings. The van der Waals surface area contributed by atoms with Crippen LogP contribution in [0.2, 0.25) is 0 Å². The van der Waals surface area contributed by atoms with Gasteiger partial charge >= 0.3 is 0 Å². The maximum Gasteiger partial charge on any atom is 0.127 e. The number of hydrogen-bond donors (Lipinski definition) is 2. The van der Waals surface area contributed by atoms with E-state index in [2.05, 4.69) is 36.0 Å². The maximum absolute atomic E-state index is 10.4. The Labute approximate surface area is 164 Å². The monoisotopic (exact) mass is 379 g/mol. The first-order chi connectivity index (χ1) is 13.0. The van der Waals surface area contributed by atoms with Crippen LogP contribution in [0.25, 0.3) is 0 Å². The van der Waals surface area contributed by atoms with E-state index in [9.17, 15) is 5.11 Å². The molecule has 0 saturated carbocycles. The molecular weight excluding hydrogens is 342 g/mol. The van der Waals surface area contributed by atoms with E-state index in [1.165, 1.54) is 0 Å². The summed E-state index contributed by atoms with van der Waals surface area (Å²) in [6.07, 6.45) is 0.650. The Morgan fingerprint density at radius 2 is 1.93 bits per heavy atom. The van der Waals surface area contributed by atoms with Gasteiger partial charge in [0.1, 0.15) is 24.2 Å². The topological polar surface area (TPSA) is 57.2 Å². The Morgan fingerprint density at radius 1 is 1.19 bits per heavy atom. The van der Waals surface area contributed by atoms with Gasteiger partial charge in [0.15, 0.2) is 0 Å². The van der Waals surface area contributed by atoms with Crippen molar-refractivity contribution in [2.45, 2.75) is 32.9 Å². The number of benzene rings is 1. The normalized spacial score (nSPS) is 17.3. The molecule has 1 aliphatic heterocycles. The summed E-state index contributed by atoms with van der Waals surface area (Å²) >= 11 is 0. The lowest BCUT2D eigenvalue weighted by atomic mass is 10.1. The van der Waals surface area contributed by atoms with Crippen LogP contribution in [-0.2, 0) is 6.54 Å². The molecule has 1 aromatic carbocycles. The van der Waals surface area contributed by atoms with Gasteiger partial charge in [0.05, 0.1) is 7.11 Å². The van der Waals surface area contributed by atoms with Crippen molar-refractivity contribution in [3.63, 3.8) is 0 Å². The van der Waals surface area contributed by atoms with Crippen LogP contribution in [0.1, 0.15) is 25.8 Å². The molecule has 1 fully saturated rings. The highest BCUT2D eigenvalue weighted by Gasteiger charge is 2.18. The minimum Gasteiger partial charge on any atom is -0.497 e. The lowest BCUT2D eigenvalue weighted by Gasteiger charge is -2.33. The molecule has 1 heterocycles. The molecule has 6 heteroatoms. The zero-order chi connectivity index (χ0) is 19.6. The number of likely N-dealkylation sites (N-methyl/N-ethyl adjacent to an activating group) is 1. The van der Waals surface area contributed by atoms with Crippen molar-refractivity contribution >= 4 is 0 Å². The first-order valence-corrected chi connectivity index (χ1v) is 10.1. The molecule has 27 heavy (non-hydrogen) atoms. The van der Waals surface area contributed by atoms with Crippen LogP contribution >= 0.6 is 0 Å². The number of nitrogens with one attached hydrogen (secondary N) is 1. The molecule has 2 N–H and O–H groups in total. The predicted octanol–water partition coefficient (Wildman–Crippen LogP) is 1.82. The van der Waals surface area contributed by atoms with Gasteiger partial charge in [0.25, 0.3) is 0 Å². The Kier molecular flexibility index (Phi) is 9.34. The van der Waals surface area contributed by atoms with Gasteiger partial charge in [-0.15, -0.1) is 0 Å². The highest BCUT2D eigenvalue weighted by molar-refractivity contribution is 5.40. The van der Waals surface area contributed by atoms with Crippen LogP contribution in [0.15, 0.2) is 18.2 Å². The fourth-order valence-electron chi connectivity index (χ4n) is 3.12. The Morgan fingerprint density at radius 3 is 2.59 bits per heavy atom. The van der Waals surface area contributed by atoms with Gasteiger partial charge in [0.2, 0.25) is 0 Å². The van der Waals surface area contributed by atoms with Crippen LogP contribution < -0.4 is 14.8 Å². The fraction of sp³-hybridized carbons (Fsp3) is 0.714. The highest BCUT2D eigenvalue weighted by Crippen LogP contribution is 2.25. The number of piperazine rings is 1. The van der Waals surface area contributed by atoms with Gasteiger partial charge in [-0.25, -0.2) is 0 Å². The zero-order valence-corrected chi connectivity index (χ0v) is 17.4. The van der Waals surface area contributed by atoms with Crippen molar-refractivity contribution in [3.8, 4) is 11.5 Å². The summed E-state index contributed by atoms with van der Waals surface area (Å²) in [4.78, 5) is 4.61. The van der Waals surface area contributed by atoms with Crippen LogP contribution in [0.4, 0.5) is 0 Å². The largest absolute Gasteiger partial charge is 0.497 e. The van der Waals surface area contributed by atoms with Crippen molar-refractivity contribution in [3.05, 3.63) is 23.8 Å². The number of methoxy groups -OCH3 is 1. The maximum atomic E-state index is 10.4. The molecule has 1 saturated heterocycles. The van der Waals surface area contributed by atoms with Gasteiger partial charge in [-0.05, 0) is 32.0 Å². The molecule has 0 aromatic heterocycles. The number of β-amino-alcohol motifs (C(OH)–C–C–N with tert-alkyl or cyclic N) is 1. The summed E-state index contributed by atoms with van der Waals surface area (Å²) in [6.45, 7) is 11.2. The smallest absolute Gasteiger partial charge is 0.127 e. The molecule has 0 spiro atoms. The number of ether oxygens (including phenoxy) is 2. The van der Waals surface area contributed by atoms with E-state index < -0.39 is 6.10 Å². The zero-order valence-electron chi connectivity index (χ0n) is 17.4. The van der Waals surface area contributed by atoms with Crippen LogP contribution in [0, 0.1) is 5.92 Å². The minimum absolute atomic E-state index is 0.290. The average Bonchev–Trinajstić information content (AvgIpc) is 2.65. The van der Waals surface area contributed by atoms with E-state index in [-0.39, 0.29) is 0 Å². The molecule has 1 unspecified atom stereocenters. The van der Waals surface area contributed by atoms with Gasteiger partial charge in [-0.3, -0.25) is 4.90 Å². The van der Waals surface area contributed by atoms with Gasteiger partial charge in [0, 0.05) is 50.9 Å². The number of nitrogens with zero attached hydrogens (tertiary/aromatic N) is 2. The van der Waals surface area contributed by atoms with E-state index in [1.54, 1.807) is 7.11 Å². The lowest BCUT2D eigenvalue weighted by Crippen LogP contribution is -2.47. The second-order valence-electron chi connectivity index (χ2n) is 7.90. The molecule has 6 nitrogen and oxygen atoms in total. The Bertz CT molecular complexity index is 545. The lowest BCUT2D eigenvalue weighted by molar-refractivity contribution is 0.0501. The van der Waals surface area contributed by atoms with E-state index >= 15 is 0 Å². The molecule has 0 aliphatic carbocycles. The third kappa shape index (κ3) is 8.05. The highest BCUT2D eigenvalue weighted by atomic mass is 16.5. The summed E-state index contributed by atoms with van der Waals surface area (Å²) in [5.41, 5.74) is 1.09. The van der Waals surface area contributed by atoms with Crippen LogP contribution in [0.3, 0.4) is 0 Å². The molecule has 1 atom stereocenters. The summed E-state index contributed by atoms with van der Waals surface area (Å²) < 4.78 is 11.3. The molecule has 1 aliphatic rings. The van der Waals surface area contributed by atoms with Gasteiger partial charge in [-0.1, -0.05) is 19.9 Å².